The summed E-state index contributed by atoms with van der Waals surface area (Å²) in [5.74, 6) is 0. The number of rotatable bonds is 3. The maximum absolute atomic E-state index is 4.04. The van der Waals surface area contributed by atoms with E-state index in [0.717, 1.165) is 11.3 Å². The Morgan fingerprint density at radius 3 is 1.73 bits per heavy atom. The van der Waals surface area contributed by atoms with Gasteiger partial charge in [-0.25, -0.2) is 0 Å². The number of hydrogen-bond donors (Lipinski definition) is 1. The first-order valence-electron chi connectivity index (χ1n) is 5.37. The summed E-state index contributed by atoms with van der Waals surface area (Å²) in [5.41, 5.74) is 2.22. The summed E-state index contributed by atoms with van der Waals surface area (Å²) in [4.78, 5) is 0. The smallest absolute Gasteiger partial charge is 0.0289 e. The average Bonchev–Trinajstić information content (AvgIpc) is 1.94. The van der Waals surface area contributed by atoms with Crippen molar-refractivity contribution in [2.75, 3.05) is 0 Å². The topological polar surface area (TPSA) is 12.0 Å². The van der Waals surface area contributed by atoms with Crippen LogP contribution >= 0.6 is 0 Å². The van der Waals surface area contributed by atoms with E-state index in [0.29, 0.717) is 0 Å². The summed E-state index contributed by atoms with van der Waals surface area (Å²) >= 11 is 0. The highest BCUT2D eigenvalue weighted by atomic mass is 14.9. The Kier molecular flexibility index (Phi) is 4.39. The number of nitrogens with one attached hydrogen (secondary N) is 1. The van der Waals surface area contributed by atoms with Crippen LogP contribution in [0.25, 0.3) is 0 Å². The summed E-state index contributed by atoms with van der Waals surface area (Å²) < 4.78 is 0. The van der Waals surface area contributed by atoms with E-state index >= 15 is 0 Å². The van der Waals surface area contributed by atoms with Crippen molar-refractivity contribution in [3.05, 3.63) is 36.6 Å². The first kappa shape index (κ1) is 14.0. The Balaban J connectivity index is 4.32. The van der Waals surface area contributed by atoms with Crippen molar-refractivity contribution >= 4 is 0 Å². The Bertz CT molecular complexity index is 269. The fourth-order valence-corrected chi connectivity index (χ4v) is 0.975. The third-order valence-corrected chi connectivity index (χ3v) is 1.98. The molecule has 0 saturated heterocycles. The molecule has 86 valence electrons. The third-order valence-electron chi connectivity index (χ3n) is 1.98. The predicted octanol–water partition coefficient (Wildman–Crippen LogP) is 4.05. The summed E-state index contributed by atoms with van der Waals surface area (Å²) in [5, 5.41) is 3.30. The van der Waals surface area contributed by atoms with Gasteiger partial charge in [0.05, 0.1) is 0 Å². The Morgan fingerprint density at radius 2 is 1.40 bits per heavy atom. The van der Waals surface area contributed by atoms with Crippen LogP contribution in [0.2, 0.25) is 0 Å². The van der Waals surface area contributed by atoms with Crippen molar-refractivity contribution in [1.82, 2.24) is 5.32 Å². The van der Waals surface area contributed by atoms with Gasteiger partial charge in [0.15, 0.2) is 0 Å². The molecule has 0 aliphatic rings. The van der Waals surface area contributed by atoms with Crippen molar-refractivity contribution in [3.8, 4) is 0 Å². The van der Waals surface area contributed by atoms with Crippen LogP contribution in [-0.2, 0) is 0 Å². The van der Waals surface area contributed by atoms with E-state index in [1.165, 1.54) is 0 Å². The molecule has 0 atom stereocenters. The zero-order chi connectivity index (χ0) is 12.3. The average molecular weight is 207 g/mol. The van der Waals surface area contributed by atoms with Crippen LogP contribution in [0.5, 0.6) is 0 Å². The van der Waals surface area contributed by atoms with E-state index in [4.69, 9.17) is 0 Å². The Labute approximate surface area is 95.0 Å². The van der Waals surface area contributed by atoms with Gasteiger partial charge in [0.2, 0.25) is 0 Å². The number of allylic oxidation sites excluding steroid dienone is 3. The van der Waals surface area contributed by atoms with Crippen LogP contribution in [0.15, 0.2) is 36.6 Å². The lowest BCUT2D eigenvalue weighted by molar-refractivity contribution is 0.480. The molecule has 0 heterocycles. The maximum atomic E-state index is 4.04. The monoisotopic (exact) mass is 207 g/mol. The molecule has 0 unspecified atom stereocenters. The molecule has 0 radical (unpaired) electrons. The van der Waals surface area contributed by atoms with Gasteiger partial charge in [-0.2, -0.15) is 0 Å². The SMILES string of the molecule is C=C(/C=C\C(=C)C(C)(C)C)NC(C)(C)C. The highest BCUT2D eigenvalue weighted by Crippen LogP contribution is 2.24. The van der Waals surface area contributed by atoms with Crippen molar-refractivity contribution < 1.29 is 0 Å². The zero-order valence-corrected chi connectivity index (χ0v) is 11.1. The minimum atomic E-state index is 0.0600. The second-order valence-corrected chi connectivity index (χ2v) is 6.01. The molecule has 1 heteroatoms. The van der Waals surface area contributed by atoms with Gasteiger partial charge in [-0.05, 0) is 37.8 Å². The van der Waals surface area contributed by atoms with Gasteiger partial charge in [-0.15, -0.1) is 0 Å². The molecule has 15 heavy (non-hydrogen) atoms. The lowest BCUT2D eigenvalue weighted by Crippen LogP contribution is -2.34. The van der Waals surface area contributed by atoms with Crippen LogP contribution in [0.4, 0.5) is 0 Å². The van der Waals surface area contributed by atoms with Gasteiger partial charge in [-0.1, -0.05) is 40.0 Å². The summed E-state index contributed by atoms with van der Waals surface area (Å²) in [6, 6.07) is 0. The van der Waals surface area contributed by atoms with Gasteiger partial charge in [-0.3, -0.25) is 0 Å². The molecule has 0 fully saturated rings. The first-order valence-corrected chi connectivity index (χ1v) is 5.37. The van der Waals surface area contributed by atoms with E-state index in [-0.39, 0.29) is 11.0 Å². The van der Waals surface area contributed by atoms with E-state index in [1.54, 1.807) is 0 Å². The molecule has 1 N–H and O–H groups in total. The minimum absolute atomic E-state index is 0.0600. The molecule has 0 aromatic carbocycles. The van der Waals surface area contributed by atoms with Crippen LogP contribution in [0, 0.1) is 5.41 Å². The first-order chi connectivity index (χ1) is 6.52. The predicted molar refractivity (Wildman–Crippen MR) is 69.8 cm³/mol. The van der Waals surface area contributed by atoms with Gasteiger partial charge in [0, 0.05) is 11.2 Å². The summed E-state index contributed by atoms with van der Waals surface area (Å²) in [6.07, 6.45) is 4.01. The normalized spacial score (nSPS) is 12.9. The van der Waals surface area contributed by atoms with Crippen molar-refractivity contribution in [1.29, 1.82) is 0 Å². The van der Waals surface area contributed by atoms with Crippen LogP contribution in [0.3, 0.4) is 0 Å². The minimum Gasteiger partial charge on any atom is -0.381 e. The highest BCUT2D eigenvalue weighted by molar-refractivity contribution is 5.27. The van der Waals surface area contributed by atoms with Gasteiger partial charge in [0.25, 0.3) is 0 Å². The molecule has 0 bridgehead atoms. The molecule has 0 spiro atoms. The summed E-state index contributed by atoms with van der Waals surface area (Å²) in [6.45, 7) is 20.8. The molecular weight excluding hydrogens is 182 g/mol. The molecule has 1 nitrogen and oxygen atoms in total. The molecule has 0 rings (SSSR count). The van der Waals surface area contributed by atoms with Crippen LogP contribution in [-0.4, -0.2) is 5.54 Å². The summed E-state index contributed by atoms with van der Waals surface area (Å²) in [7, 11) is 0. The molecular formula is C14H25N. The second kappa shape index (κ2) is 4.69. The fourth-order valence-electron chi connectivity index (χ4n) is 0.975. The molecule has 0 aromatic rings. The number of hydrogen-bond acceptors (Lipinski definition) is 1. The fraction of sp³-hybridized carbons (Fsp3) is 0.571. The largest absolute Gasteiger partial charge is 0.381 e. The molecule has 0 amide bonds. The van der Waals surface area contributed by atoms with E-state index in [2.05, 4.69) is 60.0 Å². The van der Waals surface area contributed by atoms with Crippen LogP contribution < -0.4 is 5.32 Å². The van der Waals surface area contributed by atoms with Gasteiger partial charge >= 0.3 is 0 Å². The molecule has 0 saturated carbocycles. The molecule has 0 aliphatic carbocycles. The van der Waals surface area contributed by atoms with Gasteiger partial charge in [0.1, 0.15) is 0 Å². The Hall–Kier alpha value is -0.980. The van der Waals surface area contributed by atoms with Crippen LogP contribution in [0.1, 0.15) is 41.5 Å². The zero-order valence-electron chi connectivity index (χ0n) is 11.1. The van der Waals surface area contributed by atoms with Crippen molar-refractivity contribution in [2.24, 2.45) is 5.41 Å². The quantitative estimate of drug-likeness (QED) is 0.688. The highest BCUT2D eigenvalue weighted by Gasteiger charge is 2.12. The van der Waals surface area contributed by atoms with Crippen molar-refractivity contribution in [3.63, 3.8) is 0 Å². The van der Waals surface area contributed by atoms with Crippen molar-refractivity contribution in [2.45, 2.75) is 47.1 Å². The second-order valence-electron chi connectivity index (χ2n) is 6.01. The molecule has 0 aliphatic heterocycles. The van der Waals surface area contributed by atoms with E-state index in [1.807, 2.05) is 12.2 Å². The van der Waals surface area contributed by atoms with E-state index < -0.39 is 0 Å². The molecule has 0 aromatic heterocycles. The maximum Gasteiger partial charge on any atom is 0.0289 e. The lowest BCUT2D eigenvalue weighted by Gasteiger charge is -2.23. The lowest BCUT2D eigenvalue weighted by atomic mass is 9.87. The standard InChI is InChI=1S/C14H25N/c1-11(13(3,4)5)9-10-12(2)15-14(6,7)8/h9-10,15H,1-2H2,3-8H3/b10-9-. The van der Waals surface area contributed by atoms with E-state index in [9.17, 15) is 0 Å². The Morgan fingerprint density at radius 1 is 0.933 bits per heavy atom. The third kappa shape index (κ3) is 7.01. The van der Waals surface area contributed by atoms with Gasteiger partial charge < -0.3 is 5.32 Å².